The van der Waals surface area contributed by atoms with Crippen molar-refractivity contribution in [2.24, 2.45) is 0 Å². The van der Waals surface area contributed by atoms with E-state index in [0.29, 0.717) is 0 Å². The summed E-state index contributed by atoms with van der Waals surface area (Å²) in [6.07, 6.45) is 5.07. The first-order valence-electron chi connectivity index (χ1n) is 4.70. The normalized spacial score (nSPS) is 9.41. The lowest BCUT2D eigenvalue weighted by Crippen LogP contribution is -2.28. The number of nitrogen functional groups attached to an aromatic ring is 1. The summed E-state index contributed by atoms with van der Waals surface area (Å²) in [5.74, 6) is 1.72. The Labute approximate surface area is 98.2 Å². The van der Waals surface area contributed by atoms with Crippen LogP contribution in [0, 0.1) is 22.5 Å². The summed E-state index contributed by atoms with van der Waals surface area (Å²) in [7, 11) is 1.46. The van der Waals surface area contributed by atoms with Crippen LogP contribution in [0.4, 0.5) is 11.4 Å². The molecule has 1 amide bonds. The average Bonchev–Trinajstić information content (AvgIpc) is 2.28. The lowest BCUT2D eigenvalue weighted by Gasteiger charge is -2.14. The van der Waals surface area contributed by atoms with Gasteiger partial charge in [0.05, 0.1) is 17.2 Å². The lowest BCUT2D eigenvalue weighted by atomic mass is 10.1. The largest absolute Gasteiger partial charge is 0.398 e. The highest BCUT2D eigenvalue weighted by Crippen LogP contribution is 2.25. The van der Waals surface area contributed by atoms with Gasteiger partial charge in [-0.1, -0.05) is 12.0 Å². The first-order chi connectivity index (χ1) is 7.99. The molecule has 0 aromatic heterocycles. The minimum atomic E-state index is -0.646. The van der Waals surface area contributed by atoms with Crippen LogP contribution in [0.1, 0.15) is 10.4 Å². The smallest absolute Gasteiger partial charge is 0.284 e. The Kier molecular flexibility index (Phi) is 3.67. The highest BCUT2D eigenvalue weighted by Gasteiger charge is 2.24. The summed E-state index contributed by atoms with van der Waals surface area (Å²) >= 11 is 0. The number of terminal acetylenes is 1. The predicted octanol–water partition coefficient (Wildman–Crippen LogP) is 0.882. The van der Waals surface area contributed by atoms with E-state index in [0.717, 1.165) is 0 Å². The minimum absolute atomic E-state index is 0.0598. The summed E-state index contributed by atoms with van der Waals surface area (Å²) in [6, 6.07) is 4.09. The Morgan fingerprint density at radius 2 is 2.29 bits per heavy atom. The molecule has 1 aromatic rings. The fraction of sp³-hybridized carbons (Fsp3) is 0.182. The maximum Gasteiger partial charge on any atom is 0.284 e. The minimum Gasteiger partial charge on any atom is -0.398 e. The van der Waals surface area contributed by atoms with Crippen LogP contribution >= 0.6 is 0 Å². The molecule has 0 saturated heterocycles. The lowest BCUT2D eigenvalue weighted by molar-refractivity contribution is -0.385. The summed E-state index contributed by atoms with van der Waals surface area (Å²) in [5.41, 5.74) is 5.20. The number of carbonyl (C=O) groups is 1. The van der Waals surface area contributed by atoms with Crippen LogP contribution in [0.2, 0.25) is 0 Å². The zero-order valence-corrected chi connectivity index (χ0v) is 9.21. The van der Waals surface area contributed by atoms with E-state index in [2.05, 4.69) is 5.92 Å². The zero-order valence-electron chi connectivity index (χ0n) is 9.21. The van der Waals surface area contributed by atoms with E-state index in [4.69, 9.17) is 12.2 Å². The third kappa shape index (κ3) is 2.52. The third-order valence-corrected chi connectivity index (χ3v) is 2.16. The second-order valence-corrected chi connectivity index (χ2v) is 3.36. The molecule has 17 heavy (non-hydrogen) atoms. The van der Waals surface area contributed by atoms with Crippen molar-refractivity contribution in [1.82, 2.24) is 4.90 Å². The SMILES string of the molecule is C#CCN(C)C(=O)c1c(N)cccc1[N+](=O)[O-]. The van der Waals surface area contributed by atoms with Crippen molar-refractivity contribution in [3.8, 4) is 12.3 Å². The summed E-state index contributed by atoms with van der Waals surface area (Å²) in [6.45, 7) is 0.0598. The second kappa shape index (κ2) is 4.99. The van der Waals surface area contributed by atoms with E-state index in [9.17, 15) is 14.9 Å². The van der Waals surface area contributed by atoms with Crippen LogP contribution in [0.3, 0.4) is 0 Å². The van der Waals surface area contributed by atoms with Gasteiger partial charge in [0, 0.05) is 13.1 Å². The van der Waals surface area contributed by atoms with Gasteiger partial charge in [-0.2, -0.15) is 0 Å². The number of rotatable bonds is 3. The fourth-order valence-electron chi connectivity index (χ4n) is 1.34. The van der Waals surface area contributed by atoms with E-state index in [1.807, 2.05) is 0 Å². The molecule has 6 nitrogen and oxygen atoms in total. The topological polar surface area (TPSA) is 89.5 Å². The van der Waals surface area contributed by atoms with Gasteiger partial charge in [-0.15, -0.1) is 6.42 Å². The number of anilines is 1. The van der Waals surface area contributed by atoms with Crippen LogP contribution in [0.15, 0.2) is 18.2 Å². The number of benzene rings is 1. The van der Waals surface area contributed by atoms with Gasteiger partial charge < -0.3 is 10.6 Å². The highest BCUT2D eigenvalue weighted by atomic mass is 16.6. The number of nitro benzene ring substituents is 1. The van der Waals surface area contributed by atoms with Gasteiger partial charge in [0.1, 0.15) is 5.56 Å². The molecule has 0 saturated carbocycles. The van der Waals surface area contributed by atoms with Crippen molar-refractivity contribution in [2.45, 2.75) is 0 Å². The Morgan fingerprint density at radius 3 is 2.82 bits per heavy atom. The molecule has 0 heterocycles. The molecular formula is C11H11N3O3. The van der Waals surface area contributed by atoms with Crippen molar-refractivity contribution < 1.29 is 9.72 Å². The van der Waals surface area contributed by atoms with Crippen molar-refractivity contribution in [3.63, 3.8) is 0 Å². The standard InChI is InChI=1S/C11H11N3O3/c1-3-7-13(2)11(15)10-8(12)5-4-6-9(10)14(16)17/h1,4-6H,7,12H2,2H3. The fourth-order valence-corrected chi connectivity index (χ4v) is 1.34. The third-order valence-electron chi connectivity index (χ3n) is 2.16. The summed E-state index contributed by atoms with van der Waals surface area (Å²) < 4.78 is 0. The van der Waals surface area contributed by atoms with Crippen molar-refractivity contribution in [1.29, 1.82) is 0 Å². The quantitative estimate of drug-likeness (QED) is 0.363. The van der Waals surface area contributed by atoms with Crippen LogP contribution in [0.25, 0.3) is 0 Å². The second-order valence-electron chi connectivity index (χ2n) is 3.36. The van der Waals surface area contributed by atoms with Crippen LogP contribution in [0.5, 0.6) is 0 Å². The van der Waals surface area contributed by atoms with E-state index in [-0.39, 0.29) is 23.5 Å². The molecule has 0 aliphatic heterocycles. The molecule has 0 unspecified atom stereocenters. The van der Waals surface area contributed by atoms with Gasteiger partial charge in [-0.25, -0.2) is 0 Å². The molecule has 0 radical (unpaired) electrons. The summed E-state index contributed by atoms with van der Waals surface area (Å²) in [4.78, 5) is 23.3. The zero-order chi connectivity index (χ0) is 13.0. The molecule has 0 bridgehead atoms. The Balaban J connectivity index is 3.26. The Morgan fingerprint density at radius 1 is 1.65 bits per heavy atom. The highest BCUT2D eigenvalue weighted by molar-refractivity contribution is 6.03. The predicted molar refractivity (Wildman–Crippen MR) is 63.3 cm³/mol. The molecule has 0 atom stereocenters. The van der Waals surface area contributed by atoms with Gasteiger partial charge in [0.15, 0.2) is 0 Å². The Bertz CT molecular complexity index is 505. The Hall–Kier alpha value is -2.55. The molecule has 2 N–H and O–H groups in total. The van der Waals surface area contributed by atoms with E-state index < -0.39 is 10.8 Å². The molecule has 1 rings (SSSR count). The van der Waals surface area contributed by atoms with Gasteiger partial charge in [-0.3, -0.25) is 14.9 Å². The van der Waals surface area contributed by atoms with Crippen LogP contribution in [-0.4, -0.2) is 29.3 Å². The van der Waals surface area contributed by atoms with E-state index >= 15 is 0 Å². The van der Waals surface area contributed by atoms with Crippen molar-refractivity contribution >= 4 is 17.3 Å². The molecule has 1 aromatic carbocycles. The molecule has 88 valence electrons. The first-order valence-corrected chi connectivity index (χ1v) is 4.70. The molecular weight excluding hydrogens is 222 g/mol. The van der Waals surface area contributed by atoms with E-state index in [1.54, 1.807) is 0 Å². The van der Waals surface area contributed by atoms with Crippen molar-refractivity contribution in [3.05, 3.63) is 33.9 Å². The molecule has 0 aliphatic carbocycles. The monoisotopic (exact) mass is 233 g/mol. The van der Waals surface area contributed by atoms with Gasteiger partial charge in [0.2, 0.25) is 0 Å². The molecule has 6 heteroatoms. The first kappa shape index (κ1) is 12.5. The van der Waals surface area contributed by atoms with Crippen LogP contribution in [-0.2, 0) is 0 Å². The maximum absolute atomic E-state index is 11.9. The van der Waals surface area contributed by atoms with Crippen LogP contribution < -0.4 is 5.73 Å². The summed E-state index contributed by atoms with van der Waals surface area (Å²) in [5, 5.41) is 10.8. The number of hydrogen-bond donors (Lipinski definition) is 1. The van der Waals surface area contributed by atoms with Crippen molar-refractivity contribution in [2.75, 3.05) is 19.3 Å². The number of nitrogens with zero attached hydrogens (tertiary/aromatic N) is 2. The number of nitro groups is 1. The number of nitrogens with two attached hydrogens (primary N) is 1. The average molecular weight is 233 g/mol. The van der Waals surface area contributed by atoms with Gasteiger partial charge in [-0.05, 0) is 6.07 Å². The van der Waals surface area contributed by atoms with E-state index in [1.165, 1.54) is 30.1 Å². The maximum atomic E-state index is 11.9. The van der Waals surface area contributed by atoms with Gasteiger partial charge >= 0.3 is 0 Å². The van der Waals surface area contributed by atoms with Gasteiger partial charge in [0.25, 0.3) is 11.6 Å². The molecule has 0 aliphatic rings. The number of carbonyl (C=O) groups excluding carboxylic acids is 1. The number of hydrogen-bond acceptors (Lipinski definition) is 4. The number of amides is 1. The molecule has 0 fully saturated rings. The molecule has 0 spiro atoms.